The third kappa shape index (κ3) is 1.25. The fourth-order valence-electron chi connectivity index (χ4n) is 2.01. The van der Waals surface area contributed by atoms with E-state index in [1.54, 1.807) is 0 Å². The smallest absolute Gasteiger partial charge is 0.251 e. The molecule has 1 spiro atoms. The molecule has 0 amide bonds. The van der Waals surface area contributed by atoms with Crippen LogP contribution < -0.4 is 9.47 Å². The van der Waals surface area contributed by atoms with Gasteiger partial charge >= 0.3 is 0 Å². The molecule has 0 N–H and O–H groups in total. The lowest BCUT2D eigenvalue weighted by molar-refractivity contribution is -0.138. The van der Waals surface area contributed by atoms with Crippen molar-refractivity contribution in [2.75, 3.05) is 0 Å². The Balaban J connectivity index is 1.90. The maximum absolute atomic E-state index is 8.61. The fraction of sp³-hybridized carbons (Fsp3) is 0.417. The van der Waals surface area contributed by atoms with E-state index in [0.29, 0.717) is 6.42 Å². The highest BCUT2D eigenvalue weighted by Gasteiger charge is 2.47. The molecule has 1 fully saturated rings. The first-order valence-corrected chi connectivity index (χ1v) is 5.19. The second-order valence-corrected chi connectivity index (χ2v) is 4.08. The van der Waals surface area contributed by atoms with E-state index in [1.165, 1.54) is 6.42 Å². The van der Waals surface area contributed by atoms with Crippen LogP contribution in [-0.2, 0) is 6.42 Å². The molecule has 1 aliphatic carbocycles. The molecule has 1 aliphatic heterocycles. The second-order valence-electron chi connectivity index (χ2n) is 4.08. The van der Waals surface area contributed by atoms with Gasteiger partial charge < -0.3 is 9.47 Å². The molecule has 0 saturated heterocycles. The van der Waals surface area contributed by atoms with Gasteiger partial charge in [0.15, 0.2) is 11.5 Å². The van der Waals surface area contributed by atoms with Gasteiger partial charge in [0.2, 0.25) is 0 Å². The maximum atomic E-state index is 8.61. The quantitative estimate of drug-likeness (QED) is 0.700. The average Bonchev–Trinajstić information content (AvgIpc) is 2.56. The molecule has 3 heteroatoms. The summed E-state index contributed by atoms with van der Waals surface area (Å²) < 4.78 is 11.5. The molecule has 0 unspecified atom stereocenters. The zero-order valence-corrected chi connectivity index (χ0v) is 8.32. The van der Waals surface area contributed by atoms with Gasteiger partial charge in [-0.2, -0.15) is 5.26 Å². The van der Waals surface area contributed by atoms with Crippen molar-refractivity contribution in [2.24, 2.45) is 0 Å². The van der Waals surface area contributed by atoms with E-state index in [1.807, 2.05) is 18.2 Å². The molecule has 1 saturated carbocycles. The lowest BCUT2D eigenvalue weighted by Gasteiger charge is -2.35. The van der Waals surface area contributed by atoms with E-state index in [-0.39, 0.29) is 5.79 Å². The molecule has 2 aliphatic rings. The molecule has 0 aromatic heterocycles. The summed E-state index contributed by atoms with van der Waals surface area (Å²) in [6.07, 6.45) is 3.52. The van der Waals surface area contributed by atoms with Gasteiger partial charge in [-0.15, -0.1) is 0 Å². The van der Waals surface area contributed by atoms with E-state index < -0.39 is 0 Å². The lowest BCUT2D eigenvalue weighted by atomic mass is 9.91. The number of hydrogen-bond donors (Lipinski definition) is 0. The third-order valence-electron chi connectivity index (χ3n) is 3.00. The second kappa shape index (κ2) is 2.90. The van der Waals surface area contributed by atoms with Crippen molar-refractivity contribution < 1.29 is 9.47 Å². The zero-order chi connectivity index (χ0) is 10.3. The predicted molar refractivity (Wildman–Crippen MR) is 53.6 cm³/mol. The van der Waals surface area contributed by atoms with Crippen LogP contribution in [0, 0.1) is 11.3 Å². The minimum absolute atomic E-state index is 0.367. The monoisotopic (exact) mass is 201 g/mol. The predicted octanol–water partition coefficient (Wildman–Crippen LogP) is 2.40. The first kappa shape index (κ1) is 8.60. The van der Waals surface area contributed by atoms with Crippen molar-refractivity contribution in [3.63, 3.8) is 0 Å². The van der Waals surface area contributed by atoms with Crippen LogP contribution in [0.1, 0.15) is 24.8 Å². The highest BCUT2D eigenvalue weighted by atomic mass is 16.7. The number of fused-ring (bicyclic) bond motifs is 1. The summed E-state index contributed by atoms with van der Waals surface area (Å²) in [6.45, 7) is 0. The van der Waals surface area contributed by atoms with Crippen molar-refractivity contribution in [1.29, 1.82) is 5.26 Å². The van der Waals surface area contributed by atoms with E-state index in [0.717, 1.165) is 29.9 Å². The number of nitriles is 1. The molecule has 15 heavy (non-hydrogen) atoms. The zero-order valence-electron chi connectivity index (χ0n) is 8.32. The van der Waals surface area contributed by atoms with E-state index in [9.17, 15) is 0 Å². The van der Waals surface area contributed by atoms with E-state index in [2.05, 4.69) is 6.07 Å². The molecule has 3 nitrogen and oxygen atoms in total. The van der Waals surface area contributed by atoms with E-state index in [4.69, 9.17) is 14.7 Å². The topological polar surface area (TPSA) is 42.2 Å². The number of hydrogen-bond acceptors (Lipinski definition) is 3. The Labute approximate surface area is 88.2 Å². The van der Waals surface area contributed by atoms with Crippen LogP contribution in [-0.4, -0.2) is 5.79 Å². The maximum Gasteiger partial charge on any atom is 0.251 e. The highest BCUT2D eigenvalue weighted by molar-refractivity contribution is 5.46. The normalized spacial score (nSPS) is 19.7. The van der Waals surface area contributed by atoms with Crippen LogP contribution in [0.15, 0.2) is 18.2 Å². The van der Waals surface area contributed by atoms with Gasteiger partial charge in [-0.05, 0) is 24.1 Å². The van der Waals surface area contributed by atoms with Crippen molar-refractivity contribution in [3.8, 4) is 17.6 Å². The van der Waals surface area contributed by atoms with Gasteiger partial charge in [-0.1, -0.05) is 6.07 Å². The van der Waals surface area contributed by atoms with Crippen LogP contribution in [0.3, 0.4) is 0 Å². The summed E-state index contributed by atoms with van der Waals surface area (Å²) in [5, 5.41) is 8.61. The van der Waals surface area contributed by atoms with Crippen LogP contribution in [0.4, 0.5) is 0 Å². The van der Waals surface area contributed by atoms with Crippen LogP contribution in [0.5, 0.6) is 11.5 Å². The summed E-state index contributed by atoms with van der Waals surface area (Å²) in [7, 11) is 0. The standard InChI is InChI=1S/C12H11NO2/c13-7-4-9-2-3-10-11(8-9)15-12(14-10)5-1-6-12/h2-3,8H,1,4-6H2. The molecule has 1 heterocycles. The Hall–Kier alpha value is -1.69. The molecule has 3 rings (SSSR count). The molecule has 1 aromatic rings. The Morgan fingerprint density at radius 1 is 1.27 bits per heavy atom. The Morgan fingerprint density at radius 2 is 2.07 bits per heavy atom. The van der Waals surface area contributed by atoms with Crippen LogP contribution >= 0.6 is 0 Å². The number of benzene rings is 1. The first-order chi connectivity index (χ1) is 7.31. The summed E-state index contributed by atoms with van der Waals surface area (Å²) in [6, 6.07) is 7.85. The summed E-state index contributed by atoms with van der Waals surface area (Å²) >= 11 is 0. The van der Waals surface area contributed by atoms with Gasteiger partial charge in [0.1, 0.15) is 0 Å². The molecular formula is C12H11NO2. The van der Waals surface area contributed by atoms with Crippen molar-refractivity contribution in [3.05, 3.63) is 23.8 Å². The minimum Gasteiger partial charge on any atom is -0.448 e. The summed E-state index contributed by atoms with van der Waals surface area (Å²) in [5.41, 5.74) is 0.983. The summed E-state index contributed by atoms with van der Waals surface area (Å²) in [4.78, 5) is 0. The Kier molecular flexibility index (Phi) is 1.66. The minimum atomic E-state index is -0.367. The van der Waals surface area contributed by atoms with Crippen LogP contribution in [0.2, 0.25) is 0 Å². The molecule has 0 bridgehead atoms. The molecule has 0 atom stereocenters. The van der Waals surface area contributed by atoms with Gasteiger partial charge in [-0.3, -0.25) is 0 Å². The number of rotatable bonds is 1. The fourth-order valence-corrected chi connectivity index (χ4v) is 2.01. The number of ether oxygens (including phenoxy) is 2. The SMILES string of the molecule is N#CCc1ccc2c(c1)OC1(CCC1)O2. The van der Waals surface area contributed by atoms with Gasteiger partial charge in [0.05, 0.1) is 12.5 Å². The van der Waals surface area contributed by atoms with Gasteiger partial charge in [0, 0.05) is 12.8 Å². The molecule has 76 valence electrons. The molecular weight excluding hydrogens is 190 g/mol. The summed E-state index contributed by atoms with van der Waals surface area (Å²) in [5.74, 6) is 1.24. The highest BCUT2D eigenvalue weighted by Crippen LogP contribution is 2.48. The lowest BCUT2D eigenvalue weighted by Crippen LogP contribution is -2.45. The van der Waals surface area contributed by atoms with Crippen LogP contribution in [0.25, 0.3) is 0 Å². The Bertz CT molecular complexity index is 443. The van der Waals surface area contributed by atoms with Crippen molar-refractivity contribution in [1.82, 2.24) is 0 Å². The third-order valence-corrected chi connectivity index (χ3v) is 3.00. The number of nitrogens with zero attached hydrogens (tertiary/aromatic N) is 1. The van der Waals surface area contributed by atoms with Gasteiger partial charge in [-0.25, -0.2) is 0 Å². The average molecular weight is 201 g/mol. The molecule has 1 aromatic carbocycles. The first-order valence-electron chi connectivity index (χ1n) is 5.19. The van der Waals surface area contributed by atoms with Crippen molar-refractivity contribution >= 4 is 0 Å². The molecule has 0 radical (unpaired) electrons. The van der Waals surface area contributed by atoms with Gasteiger partial charge in [0.25, 0.3) is 5.79 Å². The Morgan fingerprint density at radius 3 is 2.73 bits per heavy atom. The largest absolute Gasteiger partial charge is 0.448 e. The van der Waals surface area contributed by atoms with Crippen molar-refractivity contribution in [2.45, 2.75) is 31.5 Å². The van der Waals surface area contributed by atoms with E-state index >= 15 is 0 Å².